The Hall–Kier alpha value is -2.01. The Morgan fingerprint density at radius 2 is 1.94 bits per heavy atom. The molecule has 0 fully saturated rings. The fraction of sp³-hybridized carbons (Fsp3) is 0.0769. The van der Waals surface area contributed by atoms with Crippen molar-refractivity contribution < 1.29 is 9.53 Å². The van der Waals surface area contributed by atoms with Crippen molar-refractivity contribution in [3.05, 3.63) is 48.3 Å². The monoisotopic (exact) mass is 260 g/mol. The summed E-state index contributed by atoms with van der Waals surface area (Å²) >= 11 is 1.54. The smallest absolute Gasteiger partial charge is 0.356 e. The number of methoxy groups -OCH3 is 1. The van der Waals surface area contributed by atoms with Crippen LogP contribution >= 0.6 is 11.8 Å². The third kappa shape index (κ3) is 3.01. The number of aromatic nitrogens is 1. The van der Waals surface area contributed by atoms with E-state index in [9.17, 15) is 4.79 Å². The Kier molecular flexibility index (Phi) is 3.84. The summed E-state index contributed by atoms with van der Waals surface area (Å²) < 4.78 is 4.63. The number of carbonyl (C=O) groups is 1. The van der Waals surface area contributed by atoms with Crippen LogP contribution in [0.25, 0.3) is 0 Å². The van der Waals surface area contributed by atoms with Gasteiger partial charge in [-0.1, -0.05) is 11.8 Å². The van der Waals surface area contributed by atoms with E-state index in [1.807, 2.05) is 30.3 Å². The van der Waals surface area contributed by atoms with Gasteiger partial charge in [0, 0.05) is 21.7 Å². The summed E-state index contributed by atoms with van der Waals surface area (Å²) in [6.45, 7) is 0. The van der Waals surface area contributed by atoms with Gasteiger partial charge in [-0.2, -0.15) is 0 Å². The van der Waals surface area contributed by atoms with Crippen molar-refractivity contribution in [2.45, 2.75) is 9.79 Å². The first-order valence-electron chi connectivity index (χ1n) is 5.27. The standard InChI is InChI=1S/C13H12N2O2S/c1-17-13(16)12-8-11(6-7-15-12)18-10-4-2-9(14)3-5-10/h2-8H,14H2,1H3. The van der Waals surface area contributed by atoms with Crippen molar-refractivity contribution in [2.24, 2.45) is 0 Å². The van der Waals surface area contributed by atoms with Crippen LogP contribution in [0.2, 0.25) is 0 Å². The third-order valence-corrected chi connectivity index (χ3v) is 3.24. The van der Waals surface area contributed by atoms with E-state index in [4.69, 9.17) is 5.73 Å². The number of benzene rings is 1. The lowest BCUT2D eigenvalue weighted by molar-refractivity contribution is 0.0593. The molecular weight excluding hydrogens is 248 g/mol. The zero-order valence-electron chi connectivity index (χ0n) is 9.79. The summed E-state index contributed by atoms with van der Waals surface area (Å²) in [6.07, 6.45) is 1.59. The highest BCUT2D eigenvalue weighted by Crippen LogP contribution is 2.28. The largest absolute Gasteiger partial charge is 0.464 e. The molecule has 0 saturated heterocycles. The Labute approximate surface area is 109 Å². The highest BCUT2D eigenvalue weighted by atomic mass is 32.2. The zero-order chi connectivity index (χ0) is 13.0. The maximum Gasteiger partial charge on any atom is 0.356 e. The van der Waals surface area contributed by atoms with Gasteiger partial charge in [-0.05, 0) is 36.4 Å². The number of esters is 1. The molecule has 0 amide bonds. The molecule has 0 radical (unpaired) electrons. The minimum absolute atomic E-state index is 0.304. The molecule has 0 aliphatic heterocycles. The summed E-state index contributed by atoms with van der Waals surface area (Å²) in [6, 6.07) is 11.1. The summed E-state index contributed by atoms with van der Waals surface area (Å²) in [5, 5.41) is 0. The number of rotatable bonds is 3. The minimum Gasteiger partial charge on any atom is -0.464 e. The first-order valence-corrected chi connectivity index (χ1v) is 6.08. The van der Waals surface area contributed by atoms with E-state index in [1.54, 1.807) is 12.3 Å². The van der Waals surface area contributed by atoms with E-state index < -0.39 is 5.97 Å². The van der Waals surface area contributed by atoms with Gasteiger partial charge in [0.05, 0.1) is 7.11 Å². The second-order valence-corrected chi connectivity index (χ2v) is 4.69. The highest BCUT2D eigenvalue weighted by Gasteiger charge is 2.08. The fourth-order valence-corrected chi connectivity index (χ4v) is 2.21. The van der Waals surface area contributed by atoms with Crippen LogP contribution in [0.15, 0.2) is 52.4 Å². The molecule has 0 aliphatic rings. The summed E-state index contributed by atoms with van der Waals surface area (Å²) in [7, 11) is 1.34. The molecule has 0 atom stereocenters. The predicted octanol–water partition coefficient (Wildman–Crippen LogP) is 2.60. The number of pyridine rings is 1. The first kappa shape index (κ1) is 12.4. The minimum atomic E-state index is -0.435. The molecule has 4 nitrogen and oxygen atoms in total. The fourth-order valence-electron chi connectivity index (χ4n) is 1.36. The number of anilines is 1. The van der Waals surface area contributed by atoms with E-state index in [-0.39, 0.29) is 0 Å². The molecule has 0 saturated carbocycles. The Morgan fingerprint density at radius 1 is 1.22 bits per heavy atom. The predicted molar refractivity (Wildman–Crippen MR) is 70.6 cm³/mol. The van der Waals surface area contributed by atoms with Gasteiger partial charge in [0.2, 0.25) is 0 Å². The van der Waals surface area contributed by atoms with Gasteiger partial charge >= 0.3 is 5.97 Å². The molecule has 0 spiro atoms. The van der Waals surface area contributed by atoms with Crippen LogP contribution in [-0.2, 0) is 4.74 Å². The van der Waals surface area contributed by atoms with Gasteiger partial charge in [0.1, 0.15) is 5.69 Å². The van der Waals surface area contributed by atoms with Crippen LogP contribution in [0.5, 0.6) is 0 Å². The van der Waals surface area contributed by atoms with E-state index in [2.05, 4.69) is 9.72 Å². The van der Waals surface area contributed by atoms with Crippen molar-refractivity contribution in [2.75, 3.05) is 12.8 Å². The molecule has 0 unspecified atom stereocenters. The van der Waals surface area contributed by atoms with Gasteiger partial charge in [0.15, 0.2) is 0 Å². The number of hydrogen-bond donors (Lipinski definition) is 1. The molecule has 1 aromatic carbocycles. The lowest BCUT2D eigenvalue weighted by Crippen LogP contribution is -2.03. The van der Waals surface area contributed by atoms with Crippen LogP contribution in [0.3, 0.4) is 0 Å². The average molecular weight is 260 g/mol. The van der Waals surface area contributed by atoms with Gasteiger partial charge in [-0.3, -0.25) is 0 Å². The van der Waals surface area contributed by atoms with Crippen LogP contribution < -0.4 is 5.73 Å². The highest BCUT2D eigenvalue weighted by molar-refractivity contribution is 7.99. The lowest BCUT2D eigenvalue weighted by atomic mass is 10.3. The van der Waals surface area contributed by atoms with Crippen LogP contribution in [0.1, 0.15) is 10.5 Å². The SMILES string of the molecule is COC(=O)c1cc(Sc2ccc(N)cc2)ccn1. The van der Waals surface area contributed by atoms with E-state index in [0.717, 1.165) is 15.5 Å². The van der Waals surface area contributed by atoms with Gasteiger partial charge in [-0.25, -0.2) is 9.78 Å². The maximum absolute atomic E-state index is 11.4. The molecule has 2 N–H and O–H groups in total. The number of nitrogens with two attached hydrogens (primary N) is 1. The topological polar surface area (TPSA) is 65.2 Å². The summed E-state index contributed by atoms with van der Waals surface area (Å²) in [5.41, 5.74) is 6.65. The maximum atomic E-state index is 11.4. The summed E-state index contributed by atoms with van der Waals surface area (Å²) in [5.74, 6) is -0.435. The summed E-state index contributed by atoms with van der Waals surface area (Å²) in [4.78, 5) is 17.3. The first-order chi connectivity index (χ1) is 8.69. The molecule has 92 valence electrons. The van der Waals surface area contributed by atoms with E-state index >= 15 is 0 Å². The lowest BCUT2D eigenvalue weighted by Gasteiger charge is -2.03. The zero-order valence-corrected chi connectivity index (χ0v) is 10.6. The Morgan fingerprint density at radius 3 is 2.61 bits per heavy atom. The number of nitrogen functional groups attached to an aromatic ring is 1. The molecule has 2 aromatic rings. The Bertz CT molecular complexity index is 555. The van der Waals surface area contributed by atoms with Crippen LogP contribution in [0, 0.1) is 0 Å². The van der Waals surface area contributed by atoms with Crippen molar-refractivity contribution in [3.63, 3.8) is 0 Å². The quantitative estimate of drug-likeness (QED) is 0.678. The molecule has 0 bridgehead atoms. The van der Waals surface area contributed by atoms with Gasteiger partial charge in [-0.15, -0.1) is 0 Å². The van der Waals surface area contributed by atoms with Crippen LogP contribution in [0.4, 0.5) is 5.69 Å². The molecule has 1 heterocycles. The number of hydrogen-bond acceptors (Lipinski definition) is 5. The number of ether oxygens (including phenoxy) is 1. The molecule has 1 aromatic heterocycles. The van der Waals surface area contributed by atoms with Crippen LogP contribution in [-0.4, -0.2) is 18.1 Å². The second-order valence-electron chi connectivity index (χ2n) is 3.54. The van der Waals surface area contributed by atoms with Crippen molar-refractivity contribution in [3.8, 4) is 0 Å². The van der Waals surface area contributed by atoms with Crippen molar-refractivity contribution in [1.29, 1.82) is 0 Å². The molecular formula is C13H12N2O2S. The Balaban J connectivity index is 2.19. The number of nitrogens with zero attached hydrogens (tertiary/aromatic N) is 1. The number of carbonyl (C=O) groups excluding carboxylic acids is 1. The van der Waals surface area contributed by atoms with Gasteiger partial charge in [0.25, 0.3) is 0 Å². The molecule has 5 heteroatoms. The average Bonchev–Trinajstić information content (AvgIpc) is 2.41. The molecule has 0 aliphatic carbocycles. The van der Waals surface area contributed by atoms with Crippen molar-refractivity contribution in [1.82, 2.24) is 4.98 Å². The van der Waals surface area contributed by atoms with E-state index in [1.165, 1.54) is 18.9 Å². The van der Waals surface area contributed by atoms with Gasteiger partial charge < -0.3 is 10.5 Å². The third-order valence-electron chi connectivity index (χ3n) is 2.24. The normalized spacial score (nSPS) is 10.1. The van der Waals surface area contributed by atoms with E-state index in [0.29, 0.717) is 5.69 Å². The molecule has 18 heavy (non-hydrogen) atoms. The van der Waals surface area contributed by atoms with Crippen molar-refractivity contribution >= 4 is 23.4 Å². The molecule has 2 rings (SSSR count). The second kappa shape index (κ2) is 5.55.